The van der Waals surface area contributed by atoms with E-state index in [4.69, 9.17) is 9.72 Å². The topological polar surface area (TPSA) is 37.4 Å². The van der Waals surface area contributed by atoms with E-state index >= 15 is 0 Å². The molecule has 1 rings (SSSR count). The second-order valence-electron chi connectivity index (χ2n) is 5.05. The summed E-state index contributed by atoms with van der Waals surface area (Å²) in [7, 11) is 5.78. The van der Waals surface area contributed by atoms with Gasteiger partial charge in [-0.2, -0.15) is 0 Å². The average molecular weight is 271 g/mol. The third-order valence-corrected chi connectivity index (χ3v) is 4.62. The highest BCUT2D eigenvalue weighted by Gasteiger charge is 2.25. The molecule has 4 nitrogen and oxygen atoms in total. The Morgan fingerprint density at radius 3 is 2.61 bits per heavy atom. The van der Waals surface area contributed by atoms with Crippen molar-refractivity contribution >= 4 is 16.5 Å². The van der Waals surface area contributed by atoms with Crippen molar-refractivity contribution in [3.63, 3.8) is 0 Å². The molecule has 0 atom stereocenters. The summed E-state index contributed by atoms with van der Waals surface area (Å²) in [5, 5.41) is 4.25. The number of hydrogen-bond acceptors (Lipinski definition) is 5. The summed E-state index contributed by atoms with van der Waals surface area (Å²) >= 11 is 1.75. The molecule has 0 aliphatic heterocycles. The molecule has 1 aromatic heterocycles. The van der Waals surface area contributed by atoms with Gasteiger partial charge in [-0.1, -0.05) is 6.92 Å². The number of aromatic nitrogens is 1. The molecule has 18 heavy (non-hydrogen) atoms. The minimum Gasteiger partial charge on any atom is -0.378 e. The molecule has 0 fully saturated rings. The molecule has 1 N–H and O–H groups in total. The van der Waals surface area contributed by atoms with Crippen molar-refractivity contribution in [2.45, 2.75) is 45.9 Å². The molecule has 0 radical (unpaired) electrons. The molecule has 0 saturated heterocycles. The number of nitrogens with zero attached hydrogens (tertiary/aromatic N) is 2. The van der Waals surface area contributed by atoms with Crippen molar-refractivity contribution in [2.75, 3.05) is 26.1 Å². The van der Waals surface area contributed by atoms with E-state index in [1.165, 1.54) is 4.88 Å². The molecule has 0 unspecified atom stereocenters. The molecule has 104 valence electrons. The summed E-state index contributed by atoms with van der Waals surface area (Å²) in [4.78, 5) is 8.23. The van der Waals surface area contributed by atoms with Crippen molar-refractivity contribution in [1.29, 1.82) is 0 Å². The van der Waals surface area contributed by atoms with E-state index in [0.717, 1.165) is 23.8 Å². The third kappa shape index (κ3) is 3.43. The highest BCUT2D eigenvalue weighted by Crippen LogP contribution is 2.31. The largest absolute Gasteiger partial charge is 0.378 e. The minimum atomic E-state index is 0.124. The van der Waals surface area contributed by atoms with Crippen LogP contribution < -0.4 is 10.2 Å². The van der Waals surface area contributed by atoms with Crippen LogP contribution in [0, 0.1) is 0 Å². The molecule has 0 bridgehead atoms. The van der Waals surface area contributed by atoms with Gasteiger partial charge >= 0.3 is 0 Å². The molecule has 0 aliphatic carbocycles. The lowest BCUT2D eigenvalue weighted by molar-refractivity contribution is 0.181. The van der Waals surface area contributed by atoms with Gasteiger partial charge < -0.3 is 15.0 Å². The van der Waals surface area contributed by atoms with Crippen molar-refractivity contribution in [1.82, 2.24) is 10.3 Å². The van der Waals surface area contributed by atoms with E-state index in [-0.39, 0.29) is 5.54 Å². The second kappa shape index (κ2) is 6.50. The van der Waals surface area contributed by atoms with Crippen LogP contribution >= 0.6 is 11.3 Å². The molecule has 1 aromatic rings. The van der Waals surface area contributed by atoms with Gasteiger partial charge in [0.25, 0.3) is 0 Å². The highest BCUT2D eigenvalue weighted by atomic mass is 32.1. The Morgan fingerprint density at radius 2 is 2.11 bits per heavy atom. The van der Waals surface area contributed by atoms with E-state index in [0.29, 0.717) is 6.61 Å². The first kappa shape index (κ1) is 15.4. The Morgan fingerprint density at radius 1 is 1.44 bits per heavy atom. The lowest BCUT2D eigenvalue weighted by atomic mass is 10.0. The quantitative estimate of drug-likeness (QED) is 0.827. The van der Waals surface area contributed by atoms with Crippen molar-refractivity contribution < 1.29 is 4.74 Å². The van der Waals surface area contributed by atoms with Crippen LogP contribution in [-0.2, 0) is 17.9 Å². The van der Waals surface area contributed by atoms with Crippen LogP contribution in [0.5, 0.6) is 0 Å². The Kier molecular flexibility index (Phi) is 5.56. The van der Waals surface area contributed by atoms with Crippen LogP contribution in [0.3, 0.4) is 0 Å². The average Bonchev–Trinajstić information content (AvgIpc) is 2.72. The normalized spacial score (nSPS) is 11.9. The Labute approximate surface area is 114 Å². The van der Waals surface area contributed by atoms with E-state index in [1.807, 2.05) is 7.05 Å². The minimum absolute atomic E-state index is 0.124. The zero-order valence-corrected chi connectivity index (χ0v) is 13.1. The maximum atomic E-state index is 5.22. The first-order valence-corrected chi connectivity index (χ1v) is 7.13. The van der Waals surface area contributed by atoms with Crippen LogP contribution in [0.2, 0.25) is 0 Å². The van der Waals surface area contributed by atoms with Crippen LogP contribution in [0.25, 0.3) is 0 Å². The van der Waals surface area contributed by atoms with Gasteiger partial charge in [0.2, 0.25) is 0 Å². The molecular weight excluding hydrogens is 246 g/mol. The second-order valence-corrected chi connectivity index (χ2v) is 6.12. The fourth-order valence-corrected chi connectivity index (χ4v) is 2.76. The van der Waals surface area contributed by atoms with Gasteiger partial charge in [-0.05, 0) is 27.3 Å². The van der Waals surface area contributed by atoms with E-state index in [2.05, 4.69) is 38.0 Å². The maximum Gasteiger partial charge on any atom is 0.186 e. The summed E-state index contributed by atoms with van der Waals surface area (Å²) in [6.07, 6.45) is 1.09. The summed E-state index contributed by atoms with van der Waals surface area (Å²) in [5.74, 6) is 0. The van der Waals surface area contributed by atoms with Gasteiger partial charge in [-0.25, -0.2) is 4.98 Å². The third-order valence-electron chi connectivity index (χ3n) is 3.45. The number of rotatable bonds is 7. The van der Waals surface area contributed by atoms with Crippen molar-refractivity contribution in [2.24, 2.45) is 0 Å². The van der Waals surface area contributed by atoms with Crippen LogP contribution in [-0.4, -0.2) is 31.7 Å². The van der Waals surface area contributed by atoms with E-state index in [9.17, 15) is 0 Å². The van der Waals surface area contributed by atoms with Gasteiger partial charge in [0, 0.05) is 31.1 Å². The van der Waals surface area contributed by atoms with E-state index in [1.54, 1.807) is 18.4 Å². The zero-order chi connectivity index (χ0) is 13.8. The van der Waals surface area contributed by atoms with Crippen LogP contribution in [0.1, 0.15) is 37.8 Å². The summed E-state index contributed by atoms with van der Waals surface area (Å²) in [5.41, 5.74) is 1.17. The monoisotopic (exact) mass is 271 g/mol. The number of thiazole rings is 1. The zero-order valence-electron chi connectivity index (χ0n) is 12.3. The molecule has 0 saturated carbocycles. The number of hydrogen-bond donors (Lipinski definition) is 1. The lowest BCUT2D eigenvalue weighted by Gasteiger charge is -2.34. The predicted molar refractivity (Wildman–Crippen MR) is 78.4 cm³/mol. The fraction of sp³-hybridized carbons (Fsp3) is 0.769. The van der Waals surface area contributed by atoms with Gasteiger partial charge in [0.15, 0.2) is 5.13 Å². The lowest BCUT2D eigenvalue weighted by Crippen LogP contribution is -2.40. The highest BCUT2D eigenvalue weighted by molar-refractivity contribution is 7.15. The summed E-state index contributed by atoms with van der Waals surface area (Å²) in [6.45, 7) is 8.10. The first-order valence-electron chi connectivity index (χ1n) is 6.32. The van der Waals surface area contributed by atoms with Gasteiger partial charge in [0.1, 0.15) is 0 Å². The van der Waals surface area contributed by atoms with Gasteiger partial charge in [0.05, 0.1) is 12.3 Å². The van der Waals surface area contributed by atoms with E-state index < -0.39 is 0 Å². The molecule has 0 amide bonds. The first-order chi connectivity index (χ1) is 8.46. The number of anilines is 1. The Balaban J connectivity index is 2.99. The number of methoxy groups -OCH3 is 1. The number of ether oxygens (including phenoxy) is 1. The fourth-order valence-electron chi connectivity index (χ4n) is 1.56. The van der Waals surface area contributed by atoms with Crippen LogP contribution in [0.4, 0.5) is 5.13 Å². The van der Waals surface area contributed by atoms with Crippen LogP contribution in [0.15, 0.2) is 0 Å². The molecule has 5 heteroatoms. The van der Waals surface area contributed by atoms with Crippen molar-refractivity contribution in [3.05, 3.63) is 10.6 Å². The standard InChI is InChI=1S/C13H25N3OS/c1-7-13(2,3)16(5)12-15-10(9-17-6)11(18-12)8-14-4/h14H,7-9H2,1-6H3. The van der Waals surface area contributed by atoms with Crippen molar-refractivity contribution in [3.8, 4) is 0 Å². The predicted octanol–water partition coefficient (Wildman–Crippen LogP) is 2.63. The SMILES string of the molecule is CCC(C)(C)N(C)c1nc(COC)c(CNC)s1. The smallest absolute Gasteiger partial charge is 0.186 e. The number of nitrogens with one attached hydrogen (secondary N) is 1. The van der Waals surface area contributed by atoms with Gasteiger partial charge in [-0.3, -0.25) is 0 Å². The summed E-state index contributed by atoms with van der Waals surface area (Å²) < 4.78 is 5.22. The summed E-state index contributed by atoms with van der Waals surface area (Å²) in [6, 6.07) is 0. The molecule has 0 aromatic carbocycles. The molecule has 1 heterocycles. The van der Waals surface area contributed by atoms with Gasteiger partial charge in [-0.15, -0.1) is 11.3 Å². The Hall–Kier alpha value is -0.650. The maximum absolute atomic E-state index is 5.22. The molecule has 0 spiro atoms. The Bertz CT molecular complexity index is 353. The molecule has 0 aliphatic rings. The molecular formula is C13H25N3OS.